The Morgan fingerprint density at radius 3 is 2.81 bits per heavy atom. The van der Waals surface area contributed by atoms with Crippen LogP contribution in [0.2, 0.25) is 0 Å². The number of rotatable bonds is 3. The van der Waals surface area contributed by atoms with Crippen LogP contribution in [-0.2, 0) is 7.05 Å². The van der Waals surface area contributed by atoms with E-state index in [1.165, 1.54) is 16.5 Å². The molecule has 0 amide bonds. The molecule has 1 aromatic carbocycles. The lowest BCUT2D eigenvalue weighted by Crippen LogP contribution is -2.08. The second-order valence-corrected chi connectivity index (χ2v) is 3.84. The molecule has 2 aromatic rings. The summed E-state index contributed by atoms with van der Waals surface area (Å²) in [5, 5.41) is 1.24. The summed E-state index contributed by atoms with van der Waals surface area (Å²) >= 11 is 0. The van der Waals surface area contributed by atoms with Crippen LogP contribution in [-0.4, -0.2) is 4.57 Å². The Kier molecular flexibility index (Phi) is 4.16. The fourth-order valence-corrected chi connectivity index (χ4v) is 1.98. The minimum atomic E-state index is 0. The van der Waals surface area contributed by atoms with Crippen molar-refractivity contribution in [2.75, 3.05) is 0 Å². The second-order valence-electron chi connectivity index (χ2n) is 3.84. The Balaban J connectivity index is 0.00000128. The highest BCUT2D eigenvalue weighted by Crippen LogP contribution is 2.26. The van der Waals surface area contributed by atoms with Gasteiger partial charge >= 0.3 is 0 Å². The van der Waals surface area contributed by atoms with E-state index in [1.54, 1.807) is 0 Å². The Labute approximate surface area is 102 Å². The van der Waals surface area contributed by atoms with Gasteiger partial charge in [0.15, 0.2) is 0 Å². The van der Waals surface area contributed by atoms with Gasteiger partial charge in [-0.25, -0.2) is 0 Å². The summed E-state index contributed by atoms with van der Waals surface area (Å²) < 4.78 is 2.12. The van der Waals surface area contributed by atoms with E-state index in [0.717, 1.165) is 6.42 Å². The lowest BCUT2D eigenvalue weighted by Gasteiger charge is -2.06. The van der Waals surface area contributed by atoms with Crippen molar-refractivity contribution in [1.82, 2.24) is 4.57 Å². The van der Waals surface area contributed by atoms with Gasteiger partial charge in [0.05, 0.1) is 0 Å². The van der Waals surface area contributed by atoms with Crippen LogP contribution < -0.4 is 5.73 Å². The molecule has 0 saturated carbocycles. The normalized spacial score (nSPS) is 12.1. The highest BCUT2D eigenvalue weighted by molar-refractivity contribution is 5.85. The molecule has 0 spiro atoms. The number of para-hydroxylation sites is 1. The van der Waals surface area contributed by atoms with E-state index in [-0.39, 0.29) is 18.4 Å². The molecule has 2 N–H and O–H groups in total. The summed E-state index contributed by atoms with van der Waals surface area (Å²) in [6.45, 7) is 3.73. The molecular formula is C13H17ClN2. The fraction of sp³-hybridized carbons (Fsp3) is 0.231. The van der Waals surface area contributed by atoms with Gasteiger partial charge in [0, 0.05) is 30.2 Å². The van der Waals surface area contributed by atoms with Crippen LogP contribution in [0, 0.1) is 0 Å². The third kappa shape index (κ3) is 2.13. The molecule has 0 fully saturated rings. The zero-order chi connectivity index (χ0) is 10.8. The third-order valence-electron chi connectivity index (χ3n) is 2.75. The molecule has 2 nitrogen and oxygen atoms in total. The molecule has 0 radical (unpaired) electrons. The van der Waals surface area contributed by atoms with Crippen LogP contribution in [0.3, 0.4) is 0 Å². The van der Waals surface area contributed by atoms with Crippen molar-refractivity contribution >= 4 is 23.3 Å². The molecule has 0 aliphatic heterocycles. The largest absolute Gasteiger partial charge is 0.350 e. The number of benzene rings is 1. The topological polar surface area (TPSA) is 30.9 Å². The quantitative estimate of drug-likeness (QED) is 0.816. The summed E-state index contributed by atoms with van der Waals surface area (Å²) in [5.74, 6) is 0. The van der Waals surface area contributed by atoms with E-state index in [0.29, 0.717) is 0 Å². The smallest absolute Gasteiger partial charge is 0.0481 e. The van der Waals surface area contributed by atoms with E-state index in [9.17, 15) is 0 Å². The SMILES string of the molecule is C=CC[C@H](N)c1cn(C)c2ccccc12.Cl. The standard InChI is InChI=1S/C13H16N2.ClH/c1-3-6-12(14)11-9-15(2)13-8-5-4-7-10(11)13;/h3-5,7-9,12H,1,6,14H2,2H3;1H/t12-;/m0./s1. The lowest BCUT2D eigenvalue weighted by molar-refractivity contribution is 0.742. The second kappa shape index (κ2) is 5.19. The molecule has 0 unspecified atom stereocenters. The van der Waals surface area contributed by atoms with Crippen LogP contribution in [0.15, 0.2) is 43.1 Å². The maximum atomic E-state index is 6.10. The number of nitrogens with two attached hydrogens (primary N) is 1. The molecule has 1 heterocycles. The average Bonchev–Trinajstić information content (AvgIpc) is 2.58. The van der Waals surface area contributed by atoms with Crippen LogP contribution in [0.1, 0.15) is 18.0 Å². The van der Waals surface area contributed by atoms with Crippen molar-refractivity contribution in [2.24, 2.45) is 12.8 Å². The number of fused-ring (bicyclic) bond motifs is 1. The summed E-state index contributed by atoms with van der Waals surface area (Å²) in [7, 11) is 2.05. The minimum Gasteiger partial charge on any atom is -0.350 e. The van der Waals surface area contributed by atoms with E-state index in [1.807, 2.05) is 25.3 Å². The van der Waals surface area contributed by atoms with Gasteiger partial charge < -0.3 is 10.3 Å². The zero-order valence-electron chi connectivity index (χ0n) is 9.39. The van der Waals surface area contributed by atoms with Crippen molar-refractivity contribution in [1.29, 1.82) is 0 Å². The van der Waals surface area contributed by atoms with E-state index in [4.69, 9.17) is 5.73 Å². The van der Waals surface area contributed by atoms with Crippen LogP contribution in [0.5, 0.6) is 0 Å². The van der Waals surface area contributed by atoms with Gasteiger partial charge in [-0.1, -0.05) is 24.3 Å². The molecule has 0 aliphatic rings. The monoisotopic (exact) mass is 236 g/mol. The first-order valence-corrected chi connectivity index (χ1v) is 5.14. The maximum Gasteiger partial charge on any atom is 0.0481 e. The lowest BCUT2D eigenvalue weighted by atomic mass is 10.0. The number of aryl methyl sites for hydroxylation is 1. The summed E-state index contributed by atoms with van der Waals surface area (Å²) in [6, 6.07) is 8.37. The number of nitrogens with zero attached hydrogens (tertiary/aromatic N) is 1. The summed E-state index contributed by atoms with van der Waals surface area (Å²) in [5.41, 5.74) is 8.53. The van der Waals surface area contributed by atoms with Crippen molar-refractivity contribution in [3.05, 3.63) is 48.7 Å². The van der Waals surface area contributed by atoms with Crippen LogP contribution >= 0.6 is 12.4 Å². The summed E-state index contributed by atoms with van der Waals surface area (Å²) in [4.78, 5) is 0. The van der Waals surface area contributed by atoms with Crippen LogP contribution in [0.25, 0.3) is 10.9 Å². The number of hydrogen-bond donors (Lipinski definition) is 1. The number of halogens is 1. The van der Waals surface area contributed by atoms with Gasteiger partial charge in [-0.05, 0) is 18.1 Å². The molecule has 0 bridgehead atoms. The van der Waals surface area contributed by atoms with Gasteiger partial charge in [0.2, 0.25) is 0 Å². The summed E-state index contributed by atoms with van der Waals surface area (Å²) in [6.07, 6.45) is 4.79. The molecular weight excluding hydrogens is 220 g/mol. The highest BCUT2D eigenvalue weighted by atomic mass is 35.5. The predicted molar refractivity (Wildman–Crippen MR) is 71.9 cm³/mol. The van der Waals surface area contributed by atoms with E-state index < -0.39 is 0 Å². The van der Waals surface area contributed by atoms with E-state index in [2.05, 4.69) is 29.5 Å². The first-order chi connectivity index (χ1) is 7.24. The first-order valence-electron chi connectivity index (χ1n) is 5.14. The van der Waals surface area contributed by atoms with Crippen molar-refractivity contribution < 1.29 is 0 Å². The van der Waals surface area contributed by atoms with Gasteiger partial charge in [-0.3, -0.25) is 0 Å². The third-order valence-corrected chi connectivity index (χ3v) is 2.75. The van der Waals surface area contributed by atoms with Gasteiger partial charge in [-0.2, -0.15) is 0 Å². The number of hydrogen-bond acceptors (Lipinski definition) is 1. The highest BCUT2D eigenvalue weighted by Gasteiger charge is 2.11. The molecule has 16 heavy (non-hydrogen) atoms. The average molecular weight is 237 g/mol. The van der Waals surface area contributed by atoms with Gasteiger partial charge in [-0.15, -0.1) is 19.0 Å². The molecule has 0 saturated heterocycles. The Hall–Kier alpha value is -1.25. The first kappa shape index (κ1) is 12.8. The van der Waals surface area contributed by atoms with E-state index >= 15 is 0 Å². The molecule has 3 heteroatoms. The zero-order valence-corrected chi connectivity index (χ0v) is 10.2. The molecule has 86 valence electrons. The van der Waals surface area contributed by atoms with Crippen molar-refractivity contribution in [3.63, 3.8) is 0 Å². The van der Waals surface area contributed by atoms with Crippen LogP contribution in [0.4, 0.5) is 0 Å². The van der Waals surface area contributed by atoms with Gasteiger partial charge in [0.1, 0.15) is 0 Å². The van der Waals surface area contributed by atoms with Gasteiger partial charge in [0.25, 0.3) is 0 Å². The van der Waals surface area contributed by atoms with Crippen molar-refractivity contribution in [3.8, 4) is 0 Å². The molecule has 1 atom stereocenters. The Morgan fingerprint density at radius 2 is 2.12 bits per heavy atom. The molecule has 2 rings (SSSR count). The molecule has 0 aliphatic carbocycles. The number of aromatic nitrogens is 1. The fourth-order valence-electron chi connectivity index (χ4n) is 1.98. The predicted octanol–water partition coefficient (Wildman–Crippen LogP) is 3.18. The van der Waals surface area contributed by atoms with Crippen molar-refractivity contribution in [2.45, 2.75) is 12.5 Å². The molecule has 1 aromatic heterocycles. The maximum absolute atomic E-state index is 6.10. The Bertz CT molecular complexity index is 488. The Morgan fingerprint density at radius 1 is 1.44 bits per heavy atom. The minimum absolute atomic E-state index is 0.